The molecule has 16 N–H and O–H groups in total. The van der Waals surface area contributed by atoms with Crippen molar-refractivity contribution >= 4 is 147 Å². The predicted molar refractivity (Wildman–Crippen MR) is 560 cm³/mol. The number of primary amides is 1. The van der Waals surface area contributed by atoms with Gasteiger partial charge in [0.2, 0.25) is 79.9 Å². The molecule has 9 amide bonds. The SMILES string of the molecule is CC[N+]1=C(/C=C/C=C/C=C2/N(CCCCCC(=O)NCCCC[C@H](NC(=O)[C@H](CCCNC(=N)N)NC(=O)CNC(=O)CNC(=O)CCCCCNC(=O)C3CCN(S(=O)(=O)c4ccccc4-c4c5ccc(=[N+]6CCc7ccccc76)cc-5oc5cc(N6CCc7ccccc76)ccc45)CC3)C(=O)NCCOCCOCC(=O)N[C@@H](CS)C(N)=O)c3ccc(S(=O)(=O)O)cc3C2(C)C)C(C)(C)c2cc(S(=O)(=O)O)ccc21. The first-order valence-electron chi connectivity index (χ1n) is 49.6. The van der Waals surface area contributed by atoms with Gasteiger partial charge in [-0.05, 0) is 176 Å². The molecule has 1 aliphatic carbocycles. The van der Waals surface area contributed by atoms with Crippen molar-refractivity contribution in [2.75, 3.05) is 121 Å². The van der Waals surface area contributed by atoms with E-state index in [0.29, 0.717) is 106 Å². The van der Waals surface area contributed by atoms with Gasteiger partial charge in [0, 0.05) is 175 Å². The van der Waals surface area contributed by atoms with E-state index in [1.54, 1.807) is 24.3 Å². The third-order valence-electron chi connectivity index (χ3n) is 27.1. The Morgan fingerprint density at radius 3 is 1.96 bits per heavy atom. The van der Waals surface area contributed by atoms with Gasteiger partial charge in [-0.2, -0.15) is 42.9 Å². The van der Waals surface area contributed by atoms with Gasteiger partial charge in [0.1, 0.15) is 42.6 Å². The molecule has 6 aliphatic heterocycles. The molecule has 13 rings (SSSR count). The Morgan fingerprint density at radius 1 is 0.568 bits per heavy atom. The van der Waals surface area contributed by atoms with Crippen molar-refractivity contribution in [1.29, 1.82) is 5.41 Å². The zero-order chi connectivity index (χ0) is 105. The van der Waals surface area contributed by atoms with Gasteiger partial charge in [-0.25, -0.2) is 8.42 Å². The number of guanidine groups is 1. The number of sulfonamides is 1. The zero-order valence-electron chi connectivity index (χ0n) is 82.9. The minimum Gasteiger partial charge on any atom is -0.456 e. The Hall–Kier alpha value is -13.0. The third-order valence-corrected chi connectivity index (χ3v) is 31.2. The summed E-state index contributed by atoms with van der Waals surface area (Å²) in [6.07, 6.45) is 16.3. The highest BCUT2D eigenvalue weighted by molar-refractivity contribution is 7.89. The third kappa shape index (κ3) is 28.0. The number of nitrogens with one attached hydrogen (secondary N) is 10. The first kappa shape index (κ1) is 110. The number of nitrogens with zero attached hydrogens (tertiary/aromatic N) is 5. The fraction of sp³-hybridized carbons (Fsp3) is 0.429. The molecule has 3 atom stereocenters. The molecule has 0 saturated carbocycles. The minimum absolute atomic E-state index is 0.00572. The number of amides is 9. The fourth-order valence-electron chi connectivity index (χ4n) is 19.4. The molecular weight excluding hydrogens is 1950 g/mol. The number of anilines is 3. The lowest BCUT2D eigenvalue weighted by atomic mass is 9.81. The molecular formula is C105H133N17O20S4+2. The van der Waals surface area contributed by atoms with E-state index in [0.717, 1.165) is 93.2 Å². The molecule has 0 radical (unpaired) electrons. The minimum atomic E-state index is -4.55. The van der Waals surface area contributed by atoms with Crippen molar-refractivity contribution in [3.63, 3.8) is 0 Å². The number of allylic oxidation sites excluding steroid dienone is 6. The maximum Gasteiger partial charge on any atom is 0.294 e. The van der Waals surface area contributed by atoms with Crippen molar-refractivity contribution in [3.05, 3.63) is 209 Å². The van der Waals surface area contributed by atoms with E-state index in [1.165, 1.54) is 39.7 Å². The van der Waals surface area contributed by atoms with Crippen LogP contribution in [0, 0.1) is 11.3 Å². The van der Waals surface area contributed by atoms with Gasteiger partial charge >= 0.3 is 0 Å². The number of piperidine rings is 1. The summed E-state index contributed by atoms with van der Waals surface area (Å²) in [5, 5.41) is 33.5. The highest BCUT2D eigenvalue weighted by Gasteiger charge is 2.46. The van der Waals surface area contributed by atoms with Gasteiger partial charge in [0.15, 0.2) is 18.2 Å². The van der Waals surface area contributed by atoms with Crippen LogP contribution in [0.4, 0.5) is 28.4 Å². The van der Waals surface area contributed by atoms with Crippen LogP contribution in [-0.4, -0.2) is 237 Å². The number of carbonyl (C=O) groups excluding carboxylic acids is 9. The molecule has 780 valence electrons. The zero-order valence-corrected chi connectivity index (χ0v) is 86.2. The Balaban J connectivity index is 0.551. The second-order valence-electron chi connectivity index (χ2n) is 37.8. The molecule has 6 aromatic rings. The average molecular weight is 2080 g/mol. The van der Waals surface area contributed by atoms with Crippen molar-refractivity contribution in [1.82, 2.24) is 56.7 Å². The molecule has 0 unspecified atom stereocenters. The van der Waals surface area contributed by atoms with Crippen LogP contribution in [-0.2, 0) is 107 Å². The van der Waals surface area contributed by atoms with Gasteiger partial charge in [-0.1, -0.05) is 99.5 Å². The molecule has 1 saturated heterocycles. The topological polar surface area (TPSA) is 528 Å². The van der Waals surface area contributed by atoms with Crippen LogP contribution in [0.3, 0.4) is 0 Å². The number of benzene rings is 7. The smallest absolute Gasteiger partial charge is 0.294 e. The van der Waals surface area contributed by atoms with Crippen LogP contribution in [0.15, 0.2) is 201 Å². The Kier molecular flexibility index (Phi) is 38.1. The summed E-state index contributed by atoms with van der Waals surface area (Å²) in [4.78, 5) is 123. The van der Waals surface area contributed by atoms with Crippen LogP contribution in [0.1, 0.15) is 153 Å². The van der Waals surface area contributed by atoms with E-state index in [-0.39, 0.29) is 123 Å². The van der Waals surface area contributed by atoms with Crippen LogP contribution in [0.2, 0.25) is 0 Å². The Labute approximate surface area is 856 Å². The quantitative estimate of drug-likeness (QED) is 0.00249. The second kappa shape index (κ2) is 50.4. The fourth-order valence-corrected chi connectivity index (χ4v) is 22.4. The van der Waals surface area contributed by atoms with Crippen LogP contribution < -0.4 is 79.1 Å². The summed E-state index contributed by atoms with van der Waals surface area (Å²) in [6.45, 7) is 11.9. The molecule has 0 aromatic heterocycles. The number of fused-ring (bicyclic) bond motifs is 6. The molecule has 41 heteroatoms. The standard InChI is InChI=1S/C105H131N17O20S4/c1-6-119-86-43-39-74(145(134,135)136)63-79(86)104(2,3)91(119)33-10-7-11-34-92-105(4,5)80-64-75(146(137,138)139)40-44-87(80)122(92)53-23-9-13-35-93(123)109-49-22-20-28-81(101(130)111-52-58-140-59-60-141-67-97(127)116-83(68-143)99(106)128)117-102(131)82(29-24-51-112-103(107)108)115-96(126)66-114-95(125)65-113-94(124)36-12-8-21-50-110-100(129)71-45-54-118(55-46-71)144(132,133)90-32-19-16-27-78(90)98-76-41-37-72(120-56-47-69-25-14-17-30-84(69)120)61-88(76)142-89-62-73(38-42-77(89)98)121-57-48-70-26-15-18-31-85(70)121/h7,10-11,14-19,25-27,30-34,37-44,61-64,71,81-83H,6,8-9,12-13,20-24,28-29,35-36,45-60,65-68H2,1-5H3,(H15-2,106,107,108,109,110,111,112,113,114,115,116,117,123,124,125,126,127,128,129,130,131,134,135,136,137,138,139,143)/p+2/t81-,82-,83-/m0/s1. The number of carbonyl (C=O) groups is 9. The Morgan fingerprint density at radius 2 is 1.22 bits per heavy atom. The summed E-state index contributed by atoms with van der Waals surface area (Å²) in [5.41, 5.74) is 22.6. The van der Waals surface area contributed by atoms with Crippen molar-refractivity contribution in [3.8, 4) is 22.5 Å². The highest BCUT2D eigenvalue weighted by atomic mass is 32.2. The van der Waals surface area contributed by atoms with E-state index in [1.807, 2.05) is 101 Å². The normalized spacial score (nSPS) is 16.3. The van der Waals surface area contributed by atoms with Gasteiger partial charge in [-0.3, -0.25) is 57.7 Å². The molecule has 0 bridgehead atoms. The first-order chi connectivity index (χ1) is 69.8. The Bertz CT molecular complexity index is 6730. The lowest BCUT2D eigenvalue weighted by molar-refractivity contribution is -0.433. The van der Waals surface area contributed by atoms with E-state index in [2.05, 4.69) is 140 Å². The second-order valence-corrected chi connectivity index (χ2v) is 43.0. The van der Waals surface area contributed by atoms with Crippen LogP contribution in [0.5, 0.6) is 0 Å². The first-order valence-corrected chi connectivity index (χ1v) is 54.6. The van der Waals surface area contributed by atoms with Crippen molar-refractivity contribution in [2.45, 2.75) is 187 Å². The van der Waals surface area contributed by atoms with Crippen molar-refractivity contribution < 1.29 is 96.0 Å². The summed E-state index contributed by atoms with van der Waals surface area (Å²) in [5.74, 6) is -5.27. The van der Waals surface area contributed by atoms with Gasteiger partial charge in [0.05, 0.1) is 59.1 Å². The number of rotatable bonds is 51. The maximum atomic E-state index is 15.1. The van der Waals surface area contributed by atoms with Crippen LogP contribution >= 0.6 is 12.6 Å². The summed E-state index contributed by atoms with van der Waals surface area (Å²) >= 11 is 4.01. The molecule has 1 fully saturated rings. The summed E-state index contributed by atoms with van der Waals surface area (Å²) in [7, 11) is -13.1. The molecule has 146 heavy (non-hydrogen) atoms. The largest absolute Gasteiger partial charge is 0.456 e. The monoisotopic (exact) mass is 2080 g/mol. The number of thiol groups is 1. The number of para-hydroxylation sites is 2. The van der Waals surface area contributed by atoms with E-state index in [4.69, 9.17) is 30.8 Å². The maximum absolute atomic E-state index is 15.1. The summed E-state index contributed by atoms with van der Waals surface area (Å²) in [6, 6.07) is 41.7. The number of ether oxygens (including phenoxy) is 2. The lowest BCUT2D eigenvalue weighted by Gasteiger charge is -2.31. The number of hydrogen-bond acceptors (Lipinski definition) is 22. The van der Waals surface area contributed by atoms with Gasteiger partial charge in [-0.15, -0.1) is 0 Å². The number of nitrogens with two attached hydrogens (primary N) is 2. The van der Waals surface area contributed by atoms with E-state index < -0.39 is 126 Å². The van der Waals surface area contributed by atoms with Crippen molar-refractivity contribution in [2.24, 2.45) is 17.4 Å². The predicted octanol–water partition coefficient (Wildman–Crippen LogP) is 8.38. The summed E-state index contributed by atoms with van der Waals surface area (Å²) < 4.78 is 123. The van der Waals surface area contributed by atoms with E-state index in [9.17, 15) is 69.1 Å². The van der Waals surface area contributed by atoms with Gasteiger partial charge < -0.3 is 83.0 Å². The van der Waals surface area contributed by atoms with Gasteiger partial charge in [0.25, 0.3) is 20.2 Å². The molecule has 37 nitrogen and oxygen atoms in total. The molecule has 0 spiro atoms. The molecule has 6 aromatic carbocycles. The lowest BCUT2D eigenvalue weighted by Crippen LogP contribution is -2.55. The average Bonchev–Trinajstić information content (AvgIpc) is 1.58. The molecule has 7 aliphatic rings. The molecule has 6 heterocycles. The van der Waals surface area contributed by atoms with E-state index >= 15 is 8.42 Å². The number of unbranched alkanes of at least 4 members (excludes halogenated alkanes) is 5. The van der Waals surface area contributed by atoms with Crippen LogP contribution in [0.25, 0.3) is 33.4 Å². The highest BCUT2D eigenvalue weighted by Crippen LogP contribution is 2.50. The number of hydrogen-bond donors (Lipinski definition) is 15.